The summed E-state index contributed by atoms with van der Waals surface area (Å²) in [6.45, 7) is 0. The quantitative estimate of drug-likeness (QED) is 0.730. The third kappa shape index (κ3) is 41.0. The maximum atomic E-state index is 8.78. The summed E-state index contributed by atoms with van der Waals surface area (Å²) in [7, 11) is 0. The molecule has 0 radical (unpaired) electrons. The van der Waals surface area contributed by atoms with Crippen molar-refractivity contribution in [3.8, 4) is 0 Å². The van der Waals surface area contributed by atoms with Gasteiger partial charge in [-0.1, -0.05) is 43.5 Å². The van der Waals surface area contributed by atoms with Crippen molar-refractivity contribution in [3.63, 3.8) is 0 Å². The second kappa shape index (κ2) is 9.26. The minimum Gasteiger partial charge on any atom is -0.465 e. The second-order valence-electron chi connectivity index (χ2n) is 0.991. The van der Waals surface area contributed by atoms with E-state index in [0.29, 0.717) is 0 Å². The first-order valence-electron chi connectivity index (χ1n) is 2.04. The molecule has 6 heteroatoms. The Kier molecular flexibility index (Phi) is 11.9. The molecule has 3 N–H and O–H groups in total. The number of amides is 1. The highest BCUT2D eigenvalue weighted by atomic mass is 79.9. The number of allylic oxidation sites excluding steroid dienone is 1. The van der Waals surface area contributed by atoms with Gasteiger partial charge in [0.05, 0.1) is 3.74 Å². The fourth-order valence-electron chi connectivity index (χ4n) is 0.0550. The number of carboxylic acid groups (broad SMARTS) is 1. The molecule has 0 aliphatic heterocycles. The number of hydrogen-bond donors (Lipinski definition) is 2. The number of primary amides is 1. The predicted molar refractivity (Wildman–Crippen MR) is 48.8 cm³/mol. The first kappa shape index (κ1) is 12.9. The molecular formula is C4H6Br2ClNO2. The molecule has 0 heterocycles. The Morgan fingerprint density at radius 1 is 1.70 bits per heavy atom. The van der Waals surface area contributed by atoms with E-state index in [1.165, 1.54) is 5.54 Å². The van der Waals surface area contributed by atoms with Crippen LogP contribution in [0.5, 0.6) is 0 Å². The lowest BCUT2D eigenvalue weighted by atomic mass is 10.8. The molecule has 0 saturated carbocycles. The van der Waals surface area contributed by atoms with Crippen molar-refractivity contribution < 1.29 is 9.90 Å². The molecule has 10 heavy (non-hydrogen) atoms. The average Bonchev–Trinajstić information content (AvgIpc) is 1.62. The summed E-state index contributed by atoms with van der Waals surface area (Å²) in [4.78, 5) is 8.78. The van der Waals surface area contributed by atoms with E-state index in [4.69, 9.17) is 21.5 Å². The highest BCUT2D eigenvalue weighted by Gasteiger charge is 1.82. The highest BCUT2D eigenvalue weighted by molar-refractivity contribution is 9.24. The number of hydrogen-bond acceptors (Lipinski definition) is 1. The van der Waals surface area contributed by atoms with Crippen molar-refractivity contribution in [2.24, 2.45) is 5.73 Å². The predicted octanol–water partition coefficient (Wildman–Crippen LogP) is 2.48. The van der Waals surface area contributed by atoms with Crippen LogP contribution in [0.3, 0.4) is 0 Å². The van der Waals surface area contributed by atoms with Gasteiger partial charge in [-0.05, 0) is 6.08 Å². The molecule has 0 unspecified atom stereocenters. The van der Waals surface area contributed by atoms with Crippen LogP contribution in [0.25, 0.3) is 0 Å². The number of nitrogens with two attached hydrogens (primary N) is 1. The molecular weight excluding hydrogens is 289 g/mol. The van der Waals surface area contributed by atoms with Gasteiger partial charge in [-0.3, -0.25) is 0 Å². The number of carbonyl (C=O) groups is 1. The normalized spacial score (nSPS) is 9.20. The lowest BCUT2D eigenvalue weighted by Crippen LogP contribution is -2.03. The molecule has 0 aromatic heterocycles. The van der Waals surface area contributed by atoms with Crippen molar-refractivity contribution in [1.82, 2.24) is 0 Å². The van der Waals surface area contributed by atoms with Gasteiger partial charge in [0.1, 0.15) is 0 Å². The topological polar surface area (TPSA) is 63.3 Å². The molecule has 0 bridgehead atoms. The van der Waals surface area contributed by atoms with Gasteiger partial charge in [0, 0.05) is 5.54 Å². The van der Waals surface area contributed by atoms with Crippen LogP contribution in [-0.4, -0.2) is 14.9 Å². The van der Waals surface area contributed by atoms with Gasteiger partial charge < -0.3 is 10.8 Å². The summed E-state index contributed by atoms with van der Waals surface area (Å²) in [5, 5.41) is 7.19. The van der Waals surface area contributed by atoms with E-state index in [1.807, 2.05) is 0 Å². The van der Waals surface area contributed by atoms with Crippen LogP contribution in [0.15, 0.2) is 11.6 Å². The third-order valence-corrected chi connectivity index (χ3v) is 0.974. The largest absolute Gasteiger partial charge is 0.465 e. The lowest BCUT2D eigenvalue weighted by Gasteiger charge is -1.80. The monoisotopic (exact) mass is 293 g/mol. The van der Waals surface area contributed by atoms with Gasteiger partial charge in [-0.25, -0.2) is 4.79 Å². The molecule has 0 aromatic carbocycles. The van der Waals surface area contributed by atoms with Gasteiger partial charge in [0.15, 0.2) is 0 Å². The van der Waals surface area contributed by atoms with E-state index in [1.54, 1.807) is 6.08 Å². The van der Waals surface area contributed by atoms with Gasteiger partial charge in [-0.2, -0.15) is 0 Å². The molecule has 0 aliphatic carbocycles. The van der Waals surface area contributed by atoms with Crippen LogP contribution >= 0.6 is 43.5 Å². The van der Waals surface area contributed by atoms with Crippen molar-refractivity contribution in [3.05, 3.63) is 11.6 Å². The Morgan fingerprint density at radius 2 is 2.00 bits per heavy atom. The SMILES string of the molecule is ClC=CC(Br)Br.NC(=O)O. The Bertz CT molecular complexity index is 114. The molecule has 1 amide bonds. The highest BCUT2D eigenvalue weighted by Crippen LogP contribution is 2.08. The smallest absolute Gasteiger partial charge is 0.402 e. The molecule has 0 saturated heterocycles. The van der Waals surface area contributed by atoms with Gasteiger partial charge >= 0.3 is 6.09 Å². The summed E-state index contributed by atoms with van der Waals surface area (Å²) in [5.74, 6) is 0. The van der Waals surface area contributed by atoms with E-state index < -0.39 is 6.09 Å². The molecule has 0 aromatic rings. The van der Waals surface area contributed by atoms with Gasteiger partial charge in [0.2, 0.25) is 0 Å². The van der Waals surface area contributed by atoms with E-state index in [0.717, 1.165) is 0 Å². The standard InChI is InChI=1S/C3H3Br2Cl.CH3NO2/c4-3(5)1-2-6;2-1(3)4/h1-3H;2H2,(H,3,4). The van der Waals surface area contributed by atoms with E-state index in [-0.39, 0.29) is 3.74 Å². The molecule has 0 atom stereocenters. The first-order chi connectivity index (χ1) is 4.50. The molecule has 0 fully saturated rings. The van der Waals surface area contributed by atoms with Crippen LogP contribution in [0, 0.1) is 0 Å². The van der Waals surface area contributed by atoms with E-state index >= 15 is 0 Å². The summed E-state index contributed by atoms with van der Waals surface area (Å²) in [6, 6.07) is 0. The summed E-state index contributed by atoms with van der Waals surface area (Å²) in [5.41, 5.74) is 5.48. The fraction of sp³-hybridized carbons (Fsp3) is 0.250. The van der Waals surface area contributed by atoms with E-state index in [9.17, 15) is 0 Å². The summed E-state index contributed by atoms with van der Waals surface area (Å²) in [6.07, 6.45) is 0.432. The van der Waals surface area contributed by atoms with Gasteiger partial charge in [-0.15, -0.1) is 0 Å². The Hall–Kier alpha value is 0.260. The number of rotatable bonds is 1. The average molecular weight is 295 g/mol. The lowest BCUT2D eigenvalue weighted by molar-refractivity contribution is 0.205. The molecule has 0 aliphatic rings. The van der Waals surface area contributed by atoms with Crippen LogP contribution < -0.4 is 5.73 Å². The summed E-state index contributed by atoms with van der Waals surface area (Å²) < 4.78 is 0.211. The van der Waals surface area contributed by atoms with Crippen LogP contribution in [0.4, 0.5) is 4.79 Å². The molecule has 60 valence electrons. The molecule has 0 spiro atoms. The van der Waals surface area contributed by atoms with Crippen LogP contribution in [-0.2, 0) is 0 Å². The minimum absolute atomic E-state index is 0.211. The van der Waals surface area contributed by atoms with Crippen molar-refractivity contribution in [2.45, 2.75) is 3.74 Å². The zero-order valence-corrected chi connectivity index (χ0v) is 8.73. The maximum absolute atomic E-state index is 8.78. The fourth-order valence-corrected chi connectivity index (χ4v) is 0.857. The Balaban J connectivity index is 0. The van der Waals surface area contributed by atoms with Crippen molar-refractivity contribution in [2.75, 3.05) is 0 Å². The first-order valence-corrected chi connectivity index (χ1v) is 4.31. The van der Waals surface area contributed by atoms with Crippen molar-refractivity contribution in [1.29, 1.82) is 0 Å². The number of halogens is 3. The van der Waals surface area contributed by atoms with Crippen LogP contribution in [0.2, 0.25) is 0 Å². The third-order valence-electron chi connectivity index (χ3n) is 0.218. The minimum atomic E-state index is -1.33. The molecule has 0 rings (SSSR count). The summed E-state index contributed by atoms with van der Waals surface area (Å²) >= 11 is 11.5. The molecule has 3 nitrogen and oxygen atoms in total. The van der Waals surface area contributed by atoms with Gasteiger partial charge in [0.25, 0.3) is 0 Å². The number of alkyl halides is 2. The van der Waals surface area contributed by atoms with Crippen molar-refractivity contribution >= 4 is 49.6 Å². The Morgan fingerprint density at radius 3 is 2.00 bits per heavy atom. The Labute approximate surface area is 80.5 Å². The zero-order valence-electron chi connectivity index (χ0n) is 4.80. The zero-order chi connectivity index (χ0) is 8.57. The van der Waals surface area contributed by atoms with Crippen LogP contribution in [0.1, 0.15) is 0 Å². The van der Waals surface area contributed by atoms with E-state index in [2.05, 4.69) is 37.6 Å². The maximum Gasteiger partial charge on any atom is 0.402 e. The second-order valence-corrected chi connectivity index (χ2v) is 4.44.